The minimum atomic E-state index is -0.942. The van der Waals surface area contributed by atoms with Gasteiger partial charge in [-0.3, -0.25) is 14.5 Å². The molecule has 0 bridgehead atoms. The van der Waals surface area contributed by atoms with Crippen LogP contribution in [0.25, 0.3) is 5.76 Å². The summed E-state index contributed by atoms with van der Waals surface area (Å²) in [6.45, 7) is 2.02. The largest absolute Gasteiger partial charge is 0.507 e. The smallest absolute Gasteiger partial charge is 0.300 e. The summed E-state index contributed by atoms with van der Waals surface area (Å²) in [5.74, 6) is -1.90. The molecule has 1 fully saturated rings. The number of Topliss-reactive ketones (excluding diaryl/α,β-unsaturated/α-hetero) is 1. The summed E-state index contributed by atoms with van der Waals surface area (Å²) in [5, 5.41) is 11.2. The number of nitrogens with zero attached hydrogens (tertiary/aromatic N) is 1. The topological polar surface area (TPSA) is 66.8 Å². The van der Waals surface area contributed by atoms with Gasteiger partial charge in [-0.2, -0.15) is 0 Å². The predicted octanol–water partition coefficient (Wildman–Crippen LogP) is 5.02. The molecule has 3 aromatic rings. The van der Waals surface area contributed by atoms with Crippen LogP contribution in [0, 0.1) is 5.82 Å². The van der Waals surface area contributed by atoms with Gasteiger partial charge in [0.2, 0.25) is 0 Å². The lowest BCUT2D eigenvalue weighted by molar-refractivity contribution is -0.132. The van der Waals surface area contributed by atoms with Crippen molar-refractivity contribution in [2.45, 2.75) is 19.4 Å². The van der Waals surface area contributed by atoms with Gasteiger partial charge in [0.15, 0.2) is 0 Å². The Hall–Kier alpha value is -3.93. The molecule has 1 aliphatic rings. The summed E-state index contributed by atoms with van der Waals surface area (Å²) >= 11 is 0. The second kappa shape index (κ2) is 8.67. The number of aliphatic hydroxyl groups is 1. The highest BCUT2D eigenvalue weighted by atomic mass is 19.1. The first-order valence-corrected chi connectivity index (χ1v) is 10.2. The number of anilines is 1. The highest BCUT2D eigenvalue weighted by molar-refractivity contribution is 6.51. The Morgan fingerprint density at radius 3 is 2.28 bits per heavy atom. The molecule has 1 amide bonds. The van der Waals surface area contributed by atoms with E-state index in [-0.39, 0.29) is 11.3 Å². The van der Waals surface area contributed by atoms with Gasteiger partial charge in [0.25, 0.3) is 11.7 Å². The molecule has 1 aliphatic heterocycles. The van der Waals surface area contributed by atoms with Gasteiger partial charge in [0.05, 0.1) is 18.7 Å². The van der Waals surface area contributed by atoms with Crippen LogP contribution in [-0.4, -0.2) is 23.9 Å². The van der Waals surface area contributed by atoms with E-state index in [0.717, 1.165) is 12.0 Å². The first kappa shape index (κ1) is 21.3. The Bertz CT molecular complexity index is 1200. The molecule has 5 nitrogen and oxygen atoms in total. The van der Waals surface area contributed by atoms with E-state index in [0.29, 0.717) is 22.6 Å². The highest BCUT2D eigenvalue weighted by Gasteiger charge is 2.47. The molecule has 6 heteroatoms. The second-order valence-corrected chi connectivity index (χ2v) is 7.44. The van der Waals surface area contributed by atoms with E-state index in [1.54, 1.807) is 36.4 Å². The summed E-state index contributed by atoms with van der Waals surface area (Å²) < 4.78 is 19.0. The maximum Gasteiger partial charge on any atom is 0.300 e. The molecule has 1 heterocycles. The molecule has 4 rings (SSSR count). The maximum atomic E-state index is 13.5. The van der Waals surface area contributed by atoms with Crippen LogP contribution >= 0.6 is 0 Å². The fraction of sp³-hybridized carbons (Fsp3) is 0.154. The van der Waals surface area contributed by atoms with Crippen LogP contribution in [0.3, 0.4) is 0 Å². The Kier molecular flexibility index (Phi) is 5.77. The van der Waals surface area contributed by atoms with Crippen LogP contribution in [-0.2, 0) is 16.0 Å². The fourth-order valence-electron chi connectivity index (χ4n) is 3.94. The van der Waals surface area contributed by atoms with E-state index in [1.165, 1.54) is 36.3 Å². The van der Waals surface area contributed by atoms with E-state index >= 15 is 0 Å². The third kappa shape index (κ3) is 3.64. The molecule has 0 saturated carbocycles. The van der Waals surface area contributed by atoms with Crippen molar-refractivity contribution in [1.82, 2.24) is 0 Å². The van der Waals surface area contributed by atoms with E-state index in [4.69, 9.17) is 4.74 Å². The molecule has 0 aliphatic carbocycles. The van der Waals surface area contributed by atoms with Gasteiger partial charge < -0.3 is 9.84 Å². The number of aliphatic hydroxyl groups excluding tert-OH is 1. The number of hydrogen-bond donors (Lipinski definition) is 1. The average Bonchev–Trinajstić information content (AvgIpc) is 3.09. The number of carbonyl (C=O) groups is 2. The molecular weight excluding hydrogens is 409 g/mol. The Morgan fingerprint density at radius 2 is 1.66 bits per heavy atom. The van der Waals surface area contributed by atoms with Crippen LogP contribution in [0.5, 0.6) is 5.75 Å². The summed E-state index contributed by atoms with van der Waals surface area (Å²) in [6, 6.07) is 18.5. The van der Waals surface area contributed by atoms with Gasteiger partial charge in [0.1, 0.15) is 17.3 Å². The number of para-hydroxylation sites is 1. The number of ketones is 1. The lowest BCUT2D eigenvalue weighted by atomic mass is 9.94. The van der Waals surface area contributed by atoms with Gasteiger partial charge in [-0.15, -0.1) is 0 Å². The normalized spacial score (nSPS) is 17.6. The summed E-state index contributed by atoms with van der Waals surface area (Å²) in [6.07, 6.45) is 0.831. The number of aryl methyl sites for hydroxylation is 1. The minimum absolute atomic E-state index is 0.0481. The highest BCUT2D eigenvalue weighted by Crippen LogP contribution is 2.44. The molecule has 0 spiro atoms. The average molecular weight is 431 g/mol. The van der Waals surface area contributed by atoms with Crippen LogP contribution in [0.15, 0.2) is 78.4 Å². The van der Waals surface area contributed by atoms with Crippen molar-refractivity contribution in [2.75, 3.05) is 12.0 Å². The van der Waals surface area contributed by atoms with Crippen LogP contribution < -0.4 is 9.64 Å². The molecule has 1 saturated heterocycles. The van der Waals surface area contributed by atoms with E-state index in [1.807, 2.05) is 19.1 Å². The molecule has 1 N–H and O–H groups in total. The summed E-state index contributed by atoms with van der Waals surface area (Å²) in [5.41, 5.74) is 2.33. The number of carbonyl (C=O) groups excluding carboxylic acids is 2. The van der Waals surface area contributed by atoms with Gasteiger partial charge in [-0.1, -0.05) is 49.4 Å². The number of hydrogen-bond acceptors (Lipinski definition) is 4. The van der Waals surface area contributed by atoms with Crippen LogP contribution in [0.2, 0.25) is 0 Å². The third-order valence-electron chi connectivity index (χ3n) is 5.62. The summed E-state index contributed by atoms with van der Waals surface area (Å²) in [4.78, 5) is 27.5. The molecule has 3 aromatic carbocycles. The van der Waals surface area contributed by atoms with E-state index in [9.17, 15) is 19.1 Å². The lowest BCUT2D eigenvalue weighted by Crippen LogP contribution is -2.29. The first-order chi connectivity index (χ1) is 15.5. The zero-order valence-electron chi connectivity index (χ0n) is 17.7. The molecule has 0 aromatic heterocycles. The van der Waals surface area contributed by atoms with Crippen molar-refractivity contribution in [3.8, 4) is 5.75 Å². The zero-order valence-corrected chi connectivity index (χ0v) is 17.7. The molecular formula is C26H22FNO4. The van der Waals surface area contributed by atoms with Gasteiger partial charge in [-0.05, 0) is 42.3 Å². The van der Waals surface area contributed by atoms with Crippen molar-refractivity contribution in [3.05, 3.63) is 101 Å². The molecule has 162 valence electrons. The second-order valence-electron chi connectivity index (χ2n) is 7.44. The predicted molar refractivity (Wildman–Crippen MR) is 120 cm³/mol. The SMILES string of the molecule is CCc1ccc(/C(O)=C2/C(=O)C(=O)N(c3ccc(F)cc3)C2c2ccccc2OC)cc1. The monoisotopic (exact) mass is 431 g/mol. The quantitative estimate of drug-likeness (QED) is 0.350. The summed E-state index contributed by atoms with van der Waals surface area (Å²) in [7, 11) is 1.49. The van der Waals surface area contributed by atoms with Crippen molar-refractivity contribution >= 4 is 23.1 Å². The minimum Gasteiger partial charge on any atom is -0.507 e. The van der Waals surface area contributed by atoms with Crippen molar-refractivity contribution in [3.63, 3.8) is 0 Å². The third-order valence-corrected chi connectivity index (χ3v) is 5.62. The lowest BCUT2D eigenvalue weighted by Gasteiger charge is -2.26. The first-order valence-electron chi connectivity index (χ1n) is 10.2. The Morgan fingerprint density at radius 1 is 1.00 bits per heavy atom. The maximum absolute atomic E-state index is 13.5. The number of amides is 1. The molecule has 1 unspecified atom stereocenters. The number of halogens is 1. The number of methoxy groups -OCH3 is 1. The van der Waals surface area contributed by atoms with Crippen molar-refractivity contribution in [1.29, 1.82) is 0 Å². The van der Waals surface area contributed by atoms with Crippen LogP contribution in [0.4, 0.5) is 10.1 Å². The van der Waals surface area contributed by atoms with E-state index in [2.05, 4.69) is 0 Å². The van der Waals surface area contributed by atoms with Gasteiger partial charge in [0, 0.05) is 16.8 Å². The molecule has 1 atom stereocenters. The van der Waals surface area contributed by atoms with Gasteiger partial charge in [-0.25, -0.2) is 4.39 Å². The van der Waals surface area contributed by atoms with Crippen LogP contribution in [0.1, 0.15) is 29.7 Å². The Labute approximate surface area is 185 Å². The fourth-order valence-corrected chi connectivity index (χ4v) is 3.94. The zero-order chi connectivity index (χ0) is 22.8. The van der Waals surface area contributed by atoms with Crippen molar-refractivity contribution < 1.29 is 23.8 Å². The van der Waals surface area contributed by atoms with E-state index < -0.39 is 23.5 Å². The molecule has 0 radical (unpaired) electrons. The number of rotatable bonds is 5. The number of benzene rings is 3. The Balaban J connectivity index is 1.95. The molecule has 32 heavy (non-hydrogen) atoms. The van der Waals surface area contributed by atoms with Gasteiger partial charge >= 0.3 is 0 Å². The van der Waals surface area contributed by atoms with Crippen molar-refractivity contribution in [2.24, 2.45) is 0 Å². The number of ether oxygens (including phenoxy) is 1. The standard InChI is InChI=1S/C26H22FNO4/c1-3-16-8-10-17(11-9-16)24(29)22-23(20-6-4-5-7-21(20)32-2)28(26(31)25(22)30)19-14-12-18(27)13-15-19/h4-15,23,29H,3H2,1-2H3/b24-22-.